The minimum atomic E-state index is 0.156. The smallest absolute Gasteiger partial charge is 0.224 e. The van der Waals surface area contributed by atoms with Crippen LogP contribution in [0, 0.1) is 11.8 Å². The SMILES string of the molecule is CN1CCN(C[C@@H]2CN(C(=O)CCn3cnnc3)C[C@@H]2CO)CC1. The molecule has 3 rings (SSSR count). The van der Waals surface area contributed by atoms with Gasteiger partial charge in [-0.1, -0.05) is 0 Å². The van der Waals surface area contributed by atoms with E-state index < -0.39 is 0 Å². The van der Waals surface area contributed by atoms with Crippen molar-refractivity contribution < 1.29 is 9.90 Å². The fourth-order valence-corrected chi connectivity index (χ4v) is 3.64. The van der Waals surface area contributed by atoms with Gasteiger partial charge in [-0.3, -0.25) is 4.79 Å². The van der Waals surface area contributed by atoms with Gasteiger partial charge in [-0.25, -0.2) is 0 Å². The first-order valence-corrected chi connectivity index (χ1v) is 8.77. The van der Waals surface area contributed by atoms with E-state index in [9.17, 15) is 9.90 Å². The molecule has 0 bridgehead atoms. The molecule has 2 fully saturated rings. The standard InChI is InChI=1S/C16H28N6O2/c1-19-4-6-20(7-5-19)8-14-9-22(10-15(14)11-23)16(24)2-3-21-12-17-18-13-21/h12-15,23H,2-11H2,1H3/t14-,15-/m1/s1. The summed E-state index contributed by atoms with van der Waals surface area (Å²) in [6, 6.07) is 0. The number of aliphatic hydroxyl groups is 1. The molecular formula is C16H28N6O2. The molecular weight excluding hydrogens is 308 g/mol. The van der Waals surface area contributed by atoms with Gasteiger partial charge in [-0.2, -0.15) is 0 Å². The van der Waals surface area contributed by atoms with E-state index in [-0.39, 0.29) is 18.4 Å². The summed E-state index contributed by atoms with van der Waals surface area (Å²) in [7, 11) is 2.15. The molecule has 8 heteroatoms. The minimum Gasteiger partial charge on any atom is -0.396 e. The Hall–Kier alpha value is -1.51. The molecule has 2 aliphatic heterocycles. The van der Waals surface area contributed by atoms with Gasteiger partial charge in [0.1, 0.15) is 12.7 Å². The number of likely N-dealkylation sites (tertiary alicyclic amines) is 1. The van der Waals surface area contributed by atoms with E-state index in [1.165, 1.54) is 0 Å². The Morgan fingerprint density at radius 2 is 1.79 bits per heavy atom. The fourth-order valence-electron chi connectivity index (χ4n) is 3.64. The Morgan fingerprint density at radius 1 is 1.12 bits per heavy atom. The van der Waals surface area contributed by atoms with Gasteiger partial charge >= 0.3 is 0 Å². The molecule has 0 aliphatic carbocycles. The van der Waals surface area contributed by atoms with Crippen molar-refractivity contribution in [2.24, 2.45) is 11.8 Å². The Balaban J connectivity index is 1.48. The molecule has 0 unspecified atom stereocenters. The van der Waals surface area contributed by atoms with Crippen molar-refractivity contribution in [3.8, 4) is 0 Å². The lowest BCUT2D eigenvalue weighted by Gasteiger charge is -2.34. The zero-order valence-corrected chi connectivity index (χ0v) is 14.4. The first-order valence-electron chi connectivity index (χ1n) is 8.77. The largest absolute Gasteiger partial charge is 0.396 e. The fraction of sp³-hybridized carbons (Fsp3) is 0.812. The van der Waals surface area contributed by atoms with Crippen LogP contribution in [0.4, 0.5) is 0 Å². The molecule has 2 atom stereocenters. The summed E-state index contributed by atoms with van der Waals surface area (Å²) in [4.78, 5) is 19.2. The van der Waals surface area contributed by atoms with Crippen molar-refractivity contribution in [3.05, 3.63) is 12.7 Å². The van der Waals surface area contributed by atoms with Crippen LogP contribution in [0.3, 0.4) is 0 Å². The lowest BCUT2D eigenvalue weighted by atomic mass is 9.96. The molecule has 134 valence electrons. The molecule has 1 amide bonds. The number of aryl methyl sites for hydroxylation is 1. The zero-order chi connectivity index (χ0) is 16.9. The average Bonchev–Trinajstić information content (AvgIpc) is 3.24. The predicted octanol–water partition coefficient (Wildman–Crippen LogP) is -1.02. The maximum Gasteiger partial charge on any atom is 0.224 e. The van der Waals surface area contributed by atoms with Gasteiger partial charge in [-0.15, -0.1) is 10.2 Å². The second-order valence-corrected chi connectivity index (χ2v) is 7.06. The van der Waals surface area contributed by atoms with E-state index in [2.05, 4.69) is 27.0 Å². The first kappa shape index (κ1) is 17.3. The van der Waals surface area contributed by atoms with Crippen LogP contribution < -0.4 is 0 Å². The lowest BCUT2D eigenvalue weighted by Crippen LogP contribution is -2.47. The van der Waals surface area contributed by atoms with E-state index in [0.717, 1.165) is 39.3 Å². The summed E-state index contributed by atoms with van der Waals surface area (Å²) in [5, 5.41) is 17.2. The van der Waals surface area contributed by atoms with Gasteiger partial charge in [0.05, 0.1) is 0 Å². The third-order valence-corrected chi connectivity index (χ3v) is 5.30. The molecule has 2 aliphatic rings. The number of aliphatic hydroxyl groups excluding tert-OH is 1. The predicted molar refractivity (Wildman–Crippen MR) is 89.2 cm³/mol. The van der Waals surface area contributed by atoms with E-state index in [4.69, 9.17) is 0 Å². The van der Waals surface area contributed by atoms with E-state index >= 15 is 0 Å². The highest BCUT2D eigenvalue weighted by Crippen LogP contribution is 2.25. The van der Waals surface area contributed by atoms with Gasteiger partial charge in [-0.05, 0) is 13.0 Å². The average molecular weight is 336 g/mol. The Bertz CT molecular complexity index is 515. The maximum absolute atomic E-state index is 12.5. The van der Waals surface area contributed by atoms with Crippen LogP contribution in [0.5, 0.6) is 0 Å². The number of amides is 1. The van der Waals surface area contributed by atoms with Crippen molar-refractivity contribution in [1.29, 1.82) is 0 Å². The summed E-state index contributed by atoms with van der Waals surface area (Å²) in [6.45, 7) is 7.53. The molecule has 2 saturated heterocycles. The van der Waals surface area contributed by atoms with Gasteiger partial charge in [0.2, 0.25) is 5.91 Å². The number of likely N-dealkylation sites (N-methyl/N-ethyl adjacent to an activating group) is 1. The number of carbonyl (C=O) groups is 1. The highest BCUT2D eigenvalue weighted by Gasteiger charge is 2.35. The summed E-state index contributed by atoms with van der Waals surface area (Å²) in [5.74, 6) is 0.726. The highest BCUT2D eigenvalue weighted by molar-refractivity contribution is 5.76. The molecule has 0 saturated carbocycles. The quantitative estimate of drug-likeness (QED) is 0.717. The van der Waals surface area contributed by atoms with Crippen molar-refractivity contribution in [2.75, 3.05) is 59.5 Å². The first-order chi connectivity index (χ1) is 11.7. The third kappa shape index (κ3) is 4.31. The van der Waals surface area contributed by atoms with Crippen molar-refractivity contribution in [2.45, 2.75) is 13.0 Å². The molecule has 0 aromatic carbocycles. The topological polar surface area (TPSA) is 77.7 Å². The van der Waals surface area contributed by atoms with Crippen LogP contribution in [0.1, 0.15) is 6.42 Å². The molecule has 1 N–H and O–H groups in total. The van der Waals surface area contributed by atoms with Crippen molar-refractivity contribution in [1.82, 2.24) is 29.5 Å². The molecule has 3 heterocycles. The molecule has 0 spiro atoms. The summed E-state index contributed by atoms with van der Waals surface area (Å²) in [6.07, 6.45) is 3.71. The van der Waals surface area contributed by atoms with Crippen LogP contribution in [0.25, 0.3) is 0 Å². The van der Waals surface area contributed by atoms with Crippen LogP contribution >= 0.6 is 0 Å². The van der Waals surface area contributed by atoms with Crippen LogP contribution in [-0.2, 0) is 11.3 Å². The van der Waals surface area contributed by atoms with Crippen LogP contribution in [-0.4, -0.2) is 99.9 Å². The molecule has 0 radical (unpaired) electrons. The highest BCUT2D eigenvalue weighted by atomic mass is 16.3. The maximum atomic E-state index is 12.5. The Labute approximate surface area is 143 Å². The number of hydrogen-bond acceptors (Lipinski definition) is 6. The van der Waals surface area contributed by atoms with Gasteiger partial charge < -0.3 is 24.4 Å². The second-order valence-electron chi connectivity index (χ2n) is 7.06. The van der Waals surface area contributed by atoms with Gasteiger partial charge in [0.15, 0.2) is 0 Å². The van der Waals surface area contributed by atoms with Crippen LogP contribution in [0.15, 0.2) is 12.7 Å². The summed E-state index contributed by atoms with van der Waals surface area (Å²) >= 11 is 0. The lowest BCUT2D eigenvalue weighted by molar-refractivity contribution is -0.130. The number of nitrogens with zero attached hydrogens (tertiary/aromatic N) is 6. The normalized spacial score (nSPS) is 26.2. The number of carbonyl (C=O) groups excluding carboxylic acids is 1. The molecule has 1 aromatic heterocycles. The number of piperazine rings is 1. The Morgan fingerprint density at radius 3 is 2.46 bits per heavy atom. The summed E-state index contributed by atoms with van der Waals surface area (Å²) < 4.78 is 1.82. The molecule has 24 heavy (non-hydrogen) atoms. The molecule has 1 aromatic rings. The number of rotatable bonds is 6. The van der Waals surface area contributed by atoms with Gasteiger partial charge in [0.25, 0.3) is 0 Å². The second kappa shape index (κ2) is 8.04. The van der Waals surface area contributed by atoms with E-state index in [0.29, 0.717) is 25.4 Å². The van der Waals surface area contributed by atoms with Crippen molar-refractivity contribution in [3.63, 3.8) is 0 Å². The number of hydrogen-bond donors (Lipinski definition) is 1. The third-order valence-electron chi connectivity index (χ3n) is 5.30. The van der Waals surface area contributed by atoms with Crippen molar-refractivity contribution >= 4 is 5.91 Å². The Kier molecular flexibility index (Phi) is 5.80. The van der Waals surface area contributed by atoms with E-state index in [1.54, 1.807) is 12.7 Å². The van der Waals surface area contributed by atoms with Gasteiger partial charge in [0, 0.05) is 71.3 Å². The minimum absolute atomic E-state index is 0.156. The van der Waals surface area contributed by atoms with Crippen LogP contribution in [0.2, 0.25) is 0 Å². The monoisotopic (exact) mass is 336 g/mol. The zero-order valence-electron chi connectivity index (χ0n) is 14.4. The van der Waals surface area contributed by atoms with E-state index in [1.807, 2.05) is 9.47 Å². The number of aromatic nitrogens is 3. The molecule has 8 nitrogen and oxygen atoms in total. The summed E-state index contributed by atoms with van der Waals surface area (Å²) in [5.41, 5.74) is 0.